The van der Waals surface area contributed by atoms with Gasteiger partial charge in [-0.1, -0.05) is 36.4 Å². The highest BCUT2D eigenvalue weighted by molar-refractivity contribution is 5.81. The summed E-state index contributed by atoms with van der Waals surface area (Å²) in [5, 5.41) is 8.41. The summed E-state index contributed by atoms with van der Waals surface area (Å²) in [6.07, 6.45) is 2.55. The first kappa shape index (κ1) is 10.5. The smallest absolute Gasteiger partial charge is 0.330 e. The van der Waals surface area contributed by atoms with Crippen molar-refractivity contribution < 1.29 is 14.6 Å². The monoisotopic (exact) mass is 192 g/mol. The summed E-state index contributed by atoms with van der Waals surface area (Å²) in [6, 6.07) is 9.42. The lowest BCUT2D eigenvalue weighted by molar-refractivity contribution is -0.139. The van der Waals surface area contributed by atoms with E-state index in [0.29, 0.717) is 0 Å². The Kier molecular flexibility index (Phi) is 4.44. The van der Waals surface area contributed by atoms with Gasteiger partial charge < -0.3 is 9.84 Å². The zero-order valence-corrected chi connectivity index (χ0v) is 7.72. The van der Waals surface area contributed by atoms with Crippen molar-refractivity contribution in [2.45, 2.75) is 6.61 Å². The predicted octanol–water partition coefficient (Wildman–Crippen LogP) is 1.28. The number of ether oxygens (including phenoxy) is 1. The summed E-state index contributed by atoms with van der Waals surface area (Å²) in [4.78, 5) is 11.0. The van der Waals surface area contributed by atoms with Gasteiger partial charge in [-0.05, 0) is 5.56 Å². The Hall–Kier alpha value is -1.61. The lowest BCUT2D eigenvalue weighted by Crippen LogP contribution is -2.00. The van der Waals surface area contributed by atoms with Crippen molar-refractivity contribution in [3.63, 3.8) is 0 Å². The molecule has 1 aromatic carbocycles. The van der Waals surface area contributed by atoms with Crippen molar-refractivity contribution in [3.05, 3.63) is 48.0 Å². The molecule has 0 bridgehead atoms. The highest BCUT2D eigenvalue weighted by Gasteiger charge is 1.96. The Morgan fingerprint density at radius 1 is 1.36 bits per heavy atom. The molecule has 74 valence electrons. The number of carbonyl (C=O) groups is 1. The summed E-state index contributed by atoms with van der Waals surface area (Å²) < 4.78 is 4.89. The maximum absolute atomic E-state index is 11.0. The SMILES string of the molecule is O=C(C=CCO)OCc1ccccc1. The van der Waals surface area contributed by atoms with Crippen LogP contribution in [0.15, 0.2) is 42.5 Å². The molecule has 0 aliphatic rings. The fourth-order valence-corrected chi connectivity index (χ4v) is 0.926. The second-order valence-electron chi connectivity index (χ2n) is 2.68. The minimum Gasteiger partial charge on any atom is -0.458 e. The van der Waals surface area contributed by atoms with Crippen molar-refractivity contribution in [2.75, 3.05) is 6.61 Å². The zero-order valence-electron chi connectivity index (χ0n) is 7.72. The minimum absolute atomic E-state index is 0.152. The fraction of sp³-hybridized carbons (Fsp3) is 0.182. The van der Waals surface area contributed by atoms with E-state index < -0.39 is 5.97 Å². The van der Waals surface area contributed by atoms with Crippen molar-refractivity contribution in [1.29, 1.82) is 0 Å². The number of aliphatic hydroxyl groups is 1. The van der Waals surface area contributed by atoms with Crippen molar-refractivity contribution in [1.82, 2.24) is 0 Å². The number of carbonyl (C=O) groups excluding carboxylic acids is 1. The third kappa shape index (κ3) is 3.87. The zero-order chi connectivity index (χ0) is 10.2. The van der Waals surface area contributed by atoms with E-state index in [1.165, 1.54) is 12.2 Å². The predicted molar refractivity (Wildman–Crippen MR) is 52.5 cm³/mol. The second-order valence-corrected chi connectivity index (χ2v) is 2.68. The summed E-state index contributed by atoms with van der Waals surface area (Å²) in [5.74, 6) is -0.442. The topological polar surface area (TPSA) is 46.5 Å². The molecule has 0 aromatic heterocycles. The van der Waals surface area contributed by atoms with Crippen molar-refractivity contribution in [3.8, 4) is 0 Å². The molecular formula is C11H12O3. The molecule has 3 nitrogen and oxygen atoms in total. The number of benzene rings is 1. The first-order valence-electron chi connectivity index (χ1n) is 4.31. The average Bonchev–Trinajstić information content (AvgIpc) is 2.25. The van der Waals surface area contributed by atoms with E-state index in [0.717, 1.165) is 5.56 Å². The summed E-state index contributed by atoms with van der Waals surface area (Å²) in [7, 11) is 0. The quantitative estimate of drug-likeness (QED) is 0.577. The molecule has 0 aliphatic heterocycles. The normalized spacial score (nSPS) is 10.4. The van der Waals surface area contributed by atoms with Crippen molar-refractivity contribution in [2.24, 2.45) is 0 Å². The number of hydrogen-bond donors (Lipinski definition) is 1. The standard InChI is InChI=1S/C11H12O3/c12-8-4-7-11(13)14-9-10-5-2-1-3-6-10/h1-7,12H,8-9H2. The van der Waals surface area contributed by atoms with E-state index in [1.54, 1.807) is 0 Å². The van der Waals surface area contributed by atoms with E-state index >= 15 is 0 Å². The Morgan fingerprint density at radius 3 is 2.71 bits per heavy atom. The van der Waals surface area contributed by atoms with E-state index in [2.05, 4.69) is 0 Å². The van der Waals surface area contributed by atoms with Crippen LogP contribution < -0.4 is 0 Å². The number of rotatable bonds is 4. The van der Waals surface area contributed by atoms with Gasteiger partial charge in [0.1, 0.15) is 6.61 Å². The Bertz CT molecular complexity index is 304. The van der Waals surface area contributed by atoms with Gasteiger partial charge in [-0.25, -0.2) is 4.79 Å². The first-order valence-corrected chi connectivity index (χ1v) is 4.31. The molecule has 1 aromatic rings. The second kappa shape index (κ2) is 5.94. The van der Waals surface area contributed by atoms with Crippen LogP contribution in [0, 0.1) is 0 Å². The first-order chi connectivity index (χ1) is 6.83. The van der Waals surface area contributed by atoms with E-state index in [1.807, 2.05) is 30.3 Å². The minimum atomic E-state index is -0.442. The van der Waals surface area contributed by atoms with Gasteiger partial charge in [0, 0.05) is 6.08 Å². The van der Waals surface area contributed by atoms with Gasteiger partial charge in [-0.15, -0.1) is 0 Å². The van der Waals surface area contributed by atoms with Crippen LogP contribution in [0.2, 0.25) is 0 Å². The molecule has 0 saturated heterocycles. The molecule has 1 rings (SSSR count). The molecule has 1 N–H and O–H groups in total. The maximum Gasteiger partial charge on any atom is 0.330 e. The van der Waals surface area contributed by atoms with Gasteiger partial charge in [0.05, 0.1) is 6.61 Å². The molecular weight excluding hydrogens is 180 g/mol. The molecule has 3 heteroatoms. The lowest BCUT2D eigenvalue weighted by Gasteiger charge is -2.00. The largest absolute Gasteiger partial charge is 0.458 e. The molecule has 0 unspecified atom stereocenters. The van der Waals surface area contributed by atoms with Gasteiger partial charge >= 0.3 is 5.97 Å². The third-order valence-corrected chi connectivity index (χ3v) is 1.58. The summed E-state index contributed by atoms with van der Waals surface area (Å²) in [6.45, 7) is 0.107. The fourth-order valence-electron chi connectivity index (χ4n) is 0.926. The molecule has 0 aliphatic carbocycles. The van der Waals surface area contributed by atoms with Crippen LogP contribution in [-0.2, 0) is 16.1 Å². The van der Waals surface area contributed by atoms with Crippen LogP contribution in [-0.4, -0.2) is 17.7 Å². The average molecular weight is 192 g/mol. The van der Waals surface area contributed by atoms with Gasteiger partial charge in [0.25, 0.3) is 0 Å². The van der Waals surface area contributed by atoms with Crippen LogP contribution in [0.4, 0.5) is 0 Å². The molecule has 0 saturated carbocycles. The molecule has 0 radical (unpaired) electrons. The Balaban J connectivity index is 2.34. The van der Waals surface area contributed by atoms with Gasteiger partial charge in [0.2, 0.25) is 0 Å². The number of aliphatic hydroxyl groups excluding tert-OH is 1. The van der Waals surface area contributed by atoms with Crippen LogP contribution >= 0.6 is 0 Å². The van der Waals surface area contributed by atoms with Crippen LogP contribution in [0.25, 0.3) is 0 Å². The van der Waals surface area contributed by atoms with Crippen molar-refractivity contribution >= 4 is 5.97 Å². The highest BCUT2D eigenvalue weighted by Crippen LogP contribution is 2.00. The number of hydrogen-bond acceptors (Lipinski definition) is 3. The van der Waals surface area contributed by atoms with Gasteiger partial charge in [-0.2, -0.15) is 0 Å². The third-order valence-electron chi connectivity index (χ3n) is 1.58. The van der Waals surface area contributed by atoms with Crippen LogP contribution in [0.1, 0.15) is 5.56 Å². The Labute approximate surface area is 82.6 Å². The Morgan fingerprint density at radius 2 is 2.07 bits per heavy atom. The molecule has 0 amide bonds. The van der Waals surface area contributed by atoms with Crippen LogP contribution in [0.5, 0.6) is 0 Å². The van der Waals surface area contributed by atoms with Crippen LogP contribution in [0.3, 0.4) is 0 Å². The van der Waals surface area contributed by atoms with E-state index in [-0.39, 0.29) is 13.2 Å². The number of esters is 1. The summed E-state index contributed by atoms with van der Waals surface area (Å²) >= 11 is 0. The van der Waals surface area contributed by atoms with E-state index in [9.17, 15) is 4.79 Å². The molecule has 0 spiro atoms. The lowest BCUT2D eigenvalue weighted by atomic mass is 10.2. The molecule has 14 heavy (non-hydrogen) atoms. The maximum atomic E-state index is 11.0. The molecule has 0 atom stereocenters. The van der Waals surface area contributed by atoms with E-state index in [4.69, 9.17) is 9.84 Å². The highest BCUT2D eigenvalue weighted by atomic mass is 16.5. The molecule has 0 fully saturated rings. The molecule has 0 heterocycles. The van der Waals surface area contributed by atoms with Gasteiger partial charge in [-0.3, -0.25) is 0 Å². The summed E-state index contributed by atoms with van der Waals surface area (Å²) in [5.41, 5.74) is 0.943. The van der Waals surface area contributed by atoms with Gasteiger partial charge in [0.15, 0.2) is 0 Å².